The van der Waals surface area contributed by atoms with E-state index in [1.54, 1.807) is 12.1 Å². The van der Waals surface area contributed by atoms with Gasteiger partial charge in [0, 0.05) is 11.6 Å². The fourth-order valence-corrected chi connectivity index (χ4v) is 2.23. The highest BCUT2D eigenvalue weighted by Crippen LogP contribution is 2.39. The maximum atomic E-state index is 12.4. The van der Waals surface area contributed by atoms with Crippen LogP contribution in [0.2, 0.25) is 0 Å². The molecular formula is C14H19F2NO. The van der Waals surface area contributed by atoms with Crippen LogP contribution in [-0.2, 0) is 0 Å². The van der Waals surface area contributed by atoms with E-state index >= 15 is 0 Å². The molecule has 0 bridgehead atoms. The Morgan fingerprint density at radius 1 is 1.33 bits per heavy atom. The topological polar surface area (TPSA) is 21.3 Å². The van der Waals surface area contributed by atoms with Crippen molar-refractivity contribution in [1.82, 2.24) is 5.32 Å². The molecule has 1 atom stereocenters. The molecule has 1 aliphatic carbocycles. The normalized spacial score (nSPS) is 16.9. The van der Waals surface area contributed by atoms with Crippen LogP contribution in [0.3, 0.4) is 0 Å². The Hall–Kier alpha value is -1.16. The number of ether oxygens (including phenoxy) is 1. The zero-order chi connectivity index (χ0) is 13.0. The van der Waals surface area contributed by atoms with Gasteiger partial charge >= 0.3 is 6.61 Å². The molecular weight excluding hydrogens is 236 g/mol. The largest absolute Gasteiger partial charge is 0.434 e. The van der Waals surface area contributed by atoms with E-state index in [1.807, 2.05) is 19.1 Å². The molecule has 1 aromatic rings. The van der Waals surface area contributed by atoms with E-state index in [0.29, 0.717) is 5.75 Å². The molecule has 4 heteroatoms. The number of hydrogen-bond acceptors (Lipinski definition) is 2. The summed E-state index contributed by atoms with van der Waals surface area (Å²) in [6.07, 6.45) is 3.50. The molecule has 1 saturated carbocycles. The van der Waals surface area contributed by atoms with Gasteiger partial charge in [0.15, 0.2) is 0 Å². The second-order valence-corrected chi connectivity index (χ2v) is 4.71. The van der Waals surface area contributed by atoms with E-state index < -0.39 is 6.61 Å². The van der Waals surface area contributed by atoms with Gasteiger partial charge in [0.2, 0.25) is 0 Å². The molecule has 0 spiro atoms. The second-order valence-electron chi connectivity index (χ2n) is 4.71. The van der Waals surface area contributed by atoms with Gasteiger partial charge in [-0.1, -0.05) is 38.0 Å². The third-order valence-electron chi connectivity index (χ3n) is 3.23. The number of alkyl halides is 2. The summed E-state index contributed by atoms with van der Waals surface area (Å²) in [6.45, 7) is 0.0750. The van der Waals surface area contributed by atoms with Crippen molar-refractivity contribution in [1.29, 1.82) is 0 Å². The average Bonchev–Trinajstić information content (AvgIpc) is 3.12. The Kier molecular flexibility index (Phi) is 4.53. The molecule has 0 aliphatic heterocycles. The van der Waals surface area contributed by atoms with Crippen LogP contribution in [0.1, 0.15) is 37.8 Å². The summed E-state index contributed by atoms with van der Waals surface area (Å²) in [7, 11) is 0. The monoisotopic (exact) mass is 255 g/mol. The first-order valence-corrected chi connectivity index (χ1v) is 6.47. The average molecular weight is 255 g/mol. The quantitative estimate of drug-likeness (QED) is 0.801. The molecule has 1 unspecified atom stereocenters. The number of hydrogen-bond donors (Lipinski definition) is 1. The maximum Gasteiger partial charge on any atom is 0.387 e. The number of para-hydroxylation sites is 1. The predicted molar refractivity (Wildman–Crippen MR) is 66.8 cm³/mol. The first kappa shape index (κ1) is 13.3. The first-order chi connectivity index (χ1) is 8.70. The van der Waals surface area contributed by atoms with E-state index in [4.69, 9.17) is 0 Å². The molecule has 1 aliphatic rings. The first-order valence-electron chi connectivity index (χ1n) is 6.47. The minimum Gasteiger partial charge on any atom is -0.434 e. The SMILES string of the molecule is CCNC(CC1CC1)c1ccccc1OC(F)F. The number of rotatable bonds is 7. The van der Waals surface area contributed by atoms with E-state index in [1.165, 1.54) is 12.8 Å². The molecule has 1 aromatic carbocycles. The van der Waals surface area contributed by atoms with Gasteiger partial charge in [0.25, 0.3) is 0 Å². The van der Waals surface area contributed by atoms with Gasteiger partial charge in [-0.3, -0.25) is 0 Å². The zero-order valence-corrected chi connectivity index (χ0v) is 10.5. The number of halogens is 2. The lowest BCUT2D eigenvalue weighted by Crippen LogP contribution is -2.22. The van der Waals surface area contributed by atoms with E-state index in [9.17, 15) is 8.78 Å². The highest BCUT2D eigenvalue weighted by molar-refractivity contribution is 5.36. The molecule has 100 valence electrons. The van der Waals surface area contributed by atoms with Crippen molar-refractivity contribution in [2.45, 2.75) is 38.8 Å². The lowest BCUT2D eigenvalue weighted by Gasteiger charge is -2.21. The van der Waals surface area contributed by atoms with Crippen LogP contribution in [0.25, 0.3) is 0 Å². The Morgan fingerprint density at radius 2 is 2.06 bits per heavy atom. The lowest BCUT2D eigenvalue weighted by atomic mass is 10.00. The Balaban J connectivity index is 2.15. The van der Waals surface area contributed by atoms with Crippen LogP contribution in [0, 0.1) is 5.92 Å². The summed E-state index contributed by atoms with van der Waals surface area (Å²) in [6, 6.07) is 7.18. The minimum atomic E-state index is -2.77. The molecule has 0 radical (unpaired) electrons. The maximum absolute atomic E-state index is 12.4. The minimum absolute atomic E-state index is 0.109. The molecule has 0 heterocycles. The van der Waals surface area contributed by atoms with Crippen molar-refractivity contribution in [3.8, 4) is 5.75 Å². The fraction of sp³-hybridized carbons (Fsp3) is 0.571. The summed E-state index contributed by atoms with van der Waals surface area (Å²) in [5.74, 6) is 1.02. The fourth-order valence-electron chi connectivity index (χ4n) is 2.23. The van der Waals surface area contributed by atoms with Crippen LogP contribution in [0.4, 0.5) is 8.78 Å². The highest BCUT2D eigenvalue weighted by atomic mass is 19.3. The Bertz CT molecular complexity index is 380. The second kappa shape index (κ2) is 6.14. The van der Waals surface area contributed by atoms with Crippen molar-refractivity contribution in [3.05, 3.63) is 29.8 Å². The smallest absolute Gasteiger partial charge is 0.387 e. The van der Waals surface area contributed by atoms with E-state index in [0.717, 1.165) is 24.4 Å². The molecule has 1 fully saturated rings. The van der Waals surface area contributed by atoms with E-state index in [2.05, 4.69) is 10.1 Å². The molecule has 0 saturated heterocycles. The van der Waals surface area contributed by atoms with Gasteiger partial charge < -0.3 is 10.1 Å². The van der Waals surface area contributed by atoms with Crippen molar-refractivity contribution in [2.24, 2.45) is 5.92 Å². The Morgan fingerprint density at radius 3 is 2.67 bits per heavy atom. The number of nitrogens with one attached hydrogen (secondary N) is 1. The van der Waals surface area contributed by atoms with Gasteiger partial charge in [-0.25, -0.2) is 0 Å². The van der Waals surface area contributed by atoms with Gasteiger partial charge in [-0.05, 0) is 24.9 Å². The molecule has 18 heavy (non-hydrogen) atoms. The van der Waals surface area contributed by atoms with Crippen LogP contribution in [-0.4, -0.2) is 13.2 Å². The van der Waals surface area contributed by atoms with Crippen LogP contribution in [0.15, 0.2) is 24.3 Å². The van der Waals surface area contributed by atoms with Gasteiger partial charge in [0.05, 0.1) is 0 Å². The van der Waals surface area contributed by atoms with Crippen molar-refractivity contribution < 1.29 is 13.5 Å². The van der Waals surface area contributed by atoms with Crippen LogP contribution < -0.4 is 10.1 Å². The molecule has 2 nitrogen and oxygen atoms in total. The molecule has 0 aromatic heterocycles. The molecule has 0 amide bonds. The molecule has 1 N–H and O–H groups in total. The van der Waals surface area contributed by atoms with Crippen molar-refractivity contribution in [3.63, 3.8) is 0 Å². The zero-order valence-electron chi connectivity index (χ0n) is 10.5. The Labute approximate surface area is 106 Å². The molecule has 2 rings (SSSR count). The van der Waals surface area contributed by atoms with Gasteiger partial charge in [-0.2, -0.15) is 8.78 Å². The third kappa shape index (κ3) is 3.67. The summed E-state index contributed by atoms with van der Waals surface area (Å²) in [5.41, 5.74) is 0.839. The number of benzene rings is 1. The van der Waals surface area contributed by atoms with Crippen molar-refractivity contribution in [2.75, 3.05) is 6.54 Å². The van der Waals surface area contributed by atoms with Crippen LogP contribution >= 0.6 is 0 Å². The summed E-state index contributed by atoms with van der Waals surface area (Å²) in [4.78, 5) is 0. The third-order valence-corrected chi connectivity index (χ3v) is 3.23. The lowest BCUT2D eigenvalue weighted by molar-refractivity contribution is -0.0507. The van der Waals surface area contributed by atoms with Gasteiger partial charge in [-0.15, -0.1) is 0 Å². The van der Waals surface area contributed by atoms with E-state index in [-0.39, 0.29) is 6.04 Å². The summed E-state index contributed by atoms with van der Waals surface area (Å²) < 4.78 is 29.4. The summed E-state index contributed by atoms with van der Waals surface area (Å²) in [5, 5.41) is 3.36. The van der Waals surface area contributed by atoms with Gasteiger partial charge in [0.1, 0.15) is 5.75 Å². The predicted octanol–water partition coefficient (Wildman–Crippen LogP) is 3.74. The van der Waals surface area contributed by atoms with Crippen LogP contribution in [0.5, 0.6) is 5.75 Å². The van der Waals surface area contributed by atoms with Crippen molar-refractivity contribution >= 4 is 0 Å². The standard InChI is InChI=1S/C14H19F2NO/c1-2-17-12(9-10-7-8-10)11-5-3-4-6-13(11)18-14(15)16/h3-6,10,12,14,17H,2,7-9H2,1H3. The highest BCUT2D eigenvalue weighted by Gasteiger charge is 2.27. The summed E-state index contributed by atoms with van der Waals surface area (Å²) >= 11 is 0.